The summed E-state index contributed by atoms with van der Waals surface area (Å²) in [6.45, 7) is 1.84. The average molecular weight is 157 g/mol. The van der Waals surface area contributed by atoms with Crippen LogP contribution in [0.3, 0.4) is 0 Å². The number of carboxylic acid groups (broad SMARTS) is 1. The highest BCUT2D eigenvalue weighted by Crippen LogP contribution is 1.86. The lowest BCUT2D eigenvalue weighted by atomic mass is 10.4. The Labute approximate surface area is 63.5 Å². The molecule has 5 heteroatoms. The fraction of sp³-hybridized carbons (Fsp3) is 0.500. The lowest BCUT2D eigenvalue weighted by Gasteiger charge is -1.79. The number of aromatic amines is 1. The number of nitrogens with one attached hydrogen (secondary N) is 1. The molecule has 0 amide bonds. The van der Waals surface area contributed by atoms with E-state index in [4.69, 9.17) is 5.11 Å². The van der Waals surface area contributed by atoms with Crippen LogP contribution in [0.25, 0.3) is 0 Å². The number of aromatic nitrogens is 3. The normalized spacial score (nSPS) is 9.91. The molecule has 2 heterocycles. The van der Waals surface area contributed by atoms with Crippen molar-refractivity contribution in [2.75, 3.05) is 0 Å². The van der Waals surface area contributed by atoms with Gasteiger partial charge in [0, 0.05) is 6.42 Å². The average Bonchev–Trinajstić information content (AvgIpc) is 2.40. The molecular formula is C6H11N3O2. The Kier molecular flexibility index (Phi) is 2.20. The molecule has 0 aromatic carbocycles. The van der Waals surface area contributed by atoms with E-state index in [1.807, 2.05) is 28.6 Å². The third kappa shape index (κ3) is 2.37. The van der Waals surface area contributed by atoms with Crippen molar-refractivity contribution in [1.29, 1.82) is 0 Å². The van der Waals surface area contributed by atoms with Gasteiger partial charge >= 0.3 is 5.97 Å². The zero-order chi connectivity index (χ0) is 8.27. The molecule has 0 spiro atoms. The van der Waals surface area contributed by atoms with Crippen molar-refractivity contribution in [3.05, 3.63) is 12.4 Å². The lowest BCUT2D eigenvalue weighted by Crippen LogP contribution is -1.90. The van der Waals surface area contributed by atoms with E-state index in [0.29, 0.717) is 6.42 Å². The number of rotatable bonds is 2. The number of hydrogen-bond acceptors (Lipinski definition) is 1. The molecule has 2 rings (SSSR count). The van der Waals surface area contributed by atoms with Crippen molar-refractivity contribution in [3.8, 4) is 0 Å². The Morgan fingerprint density at radius 1 is 1.55 bits per heavy atom. The highest BCUT2D eigenvalue weighted by atomic mass is 16.4. The van der Waals surface area contributed by atoms with E-state index in [9.17, 15) is 4.79 Å². The van der Waals surface area contributed by atoms with Gasteiger partial charge in [0.25, 0.3) is 0 Å². The van der Waals surface area contributed by atoms with Crippen LogP contribution in [-0.4, -0.2) is 25.5 Å². The summed E-state index contributed by atoms with van der Waals surface area (Å²) in [6, 6.07) is 0. The molecule has 2 aromatic rings. The van der Waals surface area contributed by atoms with Gasteiger partial charge < -0.3 is 5.11 Å². The molecule has 0 saturated carbocycles. The number of carbonyl (C=O) groups is 1. The van der Waals surface area contributed by atoms with Crippen LogP contribution >= 0.6 is 0 Å². The molecule has 0 radical (unpaired) electrons. The van der Waals surface area contributed by atoms with Crippen LogP contribution < -0.4 is 0 Å². The zero-order valence-electron chi connectivity index (χ0n) is 6.32. The van der Waals surface area contributed by atoms with E-state index in [-0.39, 0.29) is 0 Å². The van der Waals surface area contributed by atoms with Gasteiger partial charge in [-0.2, -0.15) is 14.5 Å². The monoisotopic (exact) mass is 157 g/mol. The first-order valence-corrected chi connectivity index (χ1v) is 3.49. The number of hydrogen-bond donors (Lipinski definition) is 2. The van der Waals surface area contributed by atoms with Crippen LogP contribution in [0, 0.1) is 0 Å². The molecule has 0 bridgehead atoms. The summed E-state index contributed by atoms with van der Waals surface area (Å²) in [5.41, 5.74) is 0. The first kappa shape index (κ1) is 7.71. The van der Waals surface area contributed by atoms with Crippen molar-refractivity contribution >= 4 is 5.97 Å². The van der Waals surface area contributed by atoms with E-state index in [0.717, 1.165) is 6.42 Å². The number of H-pyrrole nitrogens is 1. The van der Waals surface area contributed by atoms with Gasteiger partial charge in [-0.1, -0.05) is 6.92 Å². The molecular weight excluding hydrogens is 146 g/mol. The second kappa shape index (κ2) is 3.14. The fourth-order valence-corrected chi connectivity index (χ4v) is 0.566. The van der Waals surface area contributed by atoms with E-state index < -0.39 is 5.97 Å². The van der Waals surface area contributed by atoms with Crippen molar-refractivity contribution in [1.82, 2.24) is 14.5 Å². The fourth-order valence-electron chi connectivity index (χ4n) is 0.566. The van der Waals surface area contributed by atoms with Gasteiger partial charge in [0.1, 0.15) is 0 Å². The molecule has 0 saturated heterocycles. The Bertz CT molecular complexity index is 262. The van der Waals surface area contributed by atoms with Gasteiger partial charge in [0.2, 0.25) is 0 Å². The van der Waals surface area contributed by atoms with Crippen LogP contribution in [0.1, 0.15) is 19.8 Å². The maximum Gasteiger partial charge on any atom is 0.303 e. The molecule has 0 aliphatic rings. The third-order valence-electron chi connectivity index (χ3n) is 1.21. The second-order valence-corrected chi connectivity index (χ2v) is 2.23. The zero-order valence-corrected chi connectivity index (χ0v) is 6.32. The van der Waals surface area contributed by atoms with E-state index in [2.05, 4.69) is 5.21 Å². The maximum absolute atomic E-state index is 9.60. The van der Waals surface area contributed by atoms with Crippen molar-refractivity contribution in [2.45, 2.75) is 19.8 Å². The molecule has 11 heavy (non-hydrogen) atoms. The SMILES string of the molecule is CCCC(=O)O.c1cn2[nH]n12. The summed E-state index contributed by atoms with van der Waals surface area (Å²) >= 11 is 0. The molecule has 0 fully saturated rings. The third-order valence-corrected chi connectivity index (χ3v) is 1.21. The highest BCUT2D eigenvalue weighted by Gasteiger charge is 1.92. The smallest absolute Gasteiger partial charge is 0.303 e. The van der Waals surface area contributed by atoms with Gasteiger partial charge in [-0.25, -0.2) is 0 Å². The van der Waals surface area contributed by atoms with Gasteiger partial charge in [0.15, 0.2) is 0 Å². The Balaban J connectivity index is 0.000000110. The molecule has 62 valence electrons. The predicted octanol–water partition coefficient (Wildman–Crippen LogP) is 0.676. The first-order chi connectivity index (χ1) is 5.24. The largest absolute Gasteiger partial charge is 0.481 e. The second-order valence-electron chi connectivity index (χ2n) is 2.23. The van der Waals surface area contributed by atoms with Crippen LogP contribution in [0.5, 0.6) is 0 Å². The number of carboxylic acids is 1. The minimum absolute atomic E-state index is 0.292. The molecule has 2 aromatic heterocycles. The van der Waals surface area contributed by atoms with Gasteiger partial charge in [-0.05, 0) is 6.42 Å². The minimum Gasteiger partial charge on any atom is -0.481 e. The predicted molar refractivity (Wildman–Crippen MR) is 38.9 cm³/mol. The molecule has 2 N–H and O–H groups in total. The van der Waals surface area contributed by atoms with E-state index >= 15 is 0 Å². The first-order valence-electron chi connectivity index (χ1n) is 3.49. The van der Waals surface area contributed by atoms with Crippen molar-refractivity contribution in [3.63, 3.8) is 0 Å². The Morgan fingerprint density at radius 3 is 2.09 bits per heavy atom. The summed E-state index contributed by atoms with van der Waals surface area (Å²) in [5.74, 6) is -0.711. The van der Waals surface area contributed by atoms with E-state index in [1.165, 1.54) is 0 Å². The number of aliphatic carboxylic acids is 1. The highest BCUT2D eigenvalue weighted by molar-refractivity contribution is 5.66. The Morgan fingerprint density at radius 2 is 2.09 bits per heavy atom. The minimum atomic E-state index is -0.711. The summed E-state index contributed by atoms with van der Waals surface area (Å²) in [4.78, 5) is 9.60. The van der Waals surface area contributed by atoms with Gasteiger partial charge in [-0.15, -0.1) is 0 Å². The molecule has 0 atom stereocenters. The van der Waals surface area contributed by atoms with E-state index in [1.54, 1.807) is 0 Å². The summed E-state index contributed by atoms with van der Waals surface area (Å²) in [7, 11) is 0. The summed E-state index contributed by atoms with van der Waals surface area (Å²) < 4.78 is 3.75. The number of fused-ring (bicyclic) bond motifs is 1. The van der Waals surface area contributed by atoms with Crippen LogP contribution in [0.2, 0.25) is 0 Å². The molecule has 0 unspecified atom stereocenters. The summed E-state index contributed by atoms with van der Waals surface area (Å²) in [5, 5.41) is 10.8. The van der Waals surface area contributed by atoms with Crippen molar-refractivity contribution in [2.24, 2.45) is 0 Å². The maximum atomic E-state index is 9.60. The number of nitrogens with zero attached hydrogens (tertiary/aromatic N) is 2. The standard InChI is InChI=1S/C4H8O2.C2H3N3/c1-2-3-4(5)6;1-2-5-3-4(1)5/h2-3H2,1H3,(H,5,6);1-3H. The lowest BCUT2D eigenvalue weighted by molar-refractivity contribution is -0.137. The van der Waals surface area contributed by atoms with Gasteiger partial charge in [0.05, 0.1) is 12.4 Å². The van der Waals surface area contributed by atoms with Crippen molar-refractivity contribution < 1.29 is 9.90 Å². The Hall–Kier alpha value is -1.39. The molecule has 0 aliphatic carbocycles. The summed E-state index contributed by atoms with van der Waals surface area (Å²) in [6.07, 6.45) is 4.91. The topological polar surface area (TPSA) is 61.9 Å². The molecule has 5 nitrogen and oxygen atoms in total. The van der Waals surface area contributed by atoms with Crippen LogP contribution in [-0.2, 0) is 4.79 Å². The quantitative estimate of drug-likeness (QED) is 0.673. The molecule has 0 aliphatic heterocycles. The van der Waals surface area contributed by atoms with Gasteiger partial charge in [-0.3, -0.25) is 4.79 Å². The van der Waals surface area contributed by atoms with Crippen LogP contribution in [0.4, 0.5) is 0 Å². The van der Waals surface area contributed by atoms with Crippen LogP contribution in [0.15, 0.2) is 12.4 Å².